The van der Waals surface area contributed by atoms with Crippen LogP contribution in [-0.2, 0) is 4.79 Å². The summed E-state index contributed by atoms with van der Waals surface area (Å²) < 4.78 is 5.21. The number of amides is 1. The van der Waals surface area contributed by atoms with Gasteiger partial charge < -0.3 is 15.0 Å². The lowest BCUT2D eigenvalue weighted by molar-refractivity contribution is -0.125. The van der Waals surface area contributed by atoms with E-state index < -0.39 is 0 Å². The van der Waals surface area contributed by atoms with Crippen molar-refractivity contribution < 1.29 is 9.53 Å². The number of piperidine rings is 1. The van der Waals surface area contributed by atoms with Crippen LogP contribution in [0.3, 0.4) is 0 Å². The fraction of sp³-hybridized carbons (Fsp3) is 0.688. The van der Waals surface area contributed by atoms with Crippen LogP contribution >= 0.6 is 0 Å². The molecule has 1 amide bonds. The second-order valence-corrected chi connectivity index (χ2v) is 5.95. The summed E-state index contributed by atoms with van der Waals surface area (Å²) >= 11 is 0. The molecule has 2 atom stereocenters. The fourth-order valence-electron chi connectivity index (χ4n) is 2.61. The van der Waals surface area contributed by atoms with E-state index in [-0.39, 0.29) is 17.9 Å². The third-order valence-electron chi connectivity index (χ3n) is 4.10. The van der Waals surface area contributed by atoms with Gasteiger partial charge in [-0.1, -0.05) is 6.92 Å². The number of aryl methyl sites for hydroxylation is 1. The minimum atomic E-state index is -0.00198. The Labute approximate surface area is 132 Å². The number of carbonyl (C=O) groups is 1. The summed E-state index contributed by atoms with van der Waals surface area (Å²) in [7, 11) is 1.60. The van der Waals surface area contributed by atoms with Gasteiger partial charge in [0.2, 0.25) is 17.7 Å². The quantitative estimate of drug-likeness (QED) is 0.900. The van der Waals surface area contributed by atoms with Gasteiger partial charge in [-0.25, -0.2) is 4.98 Å². The minimum Gasteiger partial charge on any atom is -0.481 e. The van der Waals surface area contributed by atoms with Crippen LogP contribution in [0, 0.1) is 12.8 Å². The van der Waals surface area contributed by atoms with Crippen LogP contribution in [0.2, 0.25) is 0 Å². The Morgan fingerprint density at radius 2 is 2.32 bits per heavy atom. The van der Waals surface area contributed by atoms with Crippen molar-refractivity contribution in [2.45, 2.75) is 46.1 Å². The predicted octanol–water partition coefficient (Wildman–Crippen LogP) is 1.92. The molecule has 2 heterocycles. The van der Waals surface area contributed by atoms with Crippen molar-refractivity contribution in [1.29, 1.82) is 0 Å². The number of ether oxygens (including phenoxy) is 1. The van der Waals surface area contributed by atoms with E-state index in [1.807, 2.05) is 13.8 Å². The molecule has 1 saturated heterocycles. The Morgan fingerprint density at radius 1 is 1.55 bits per heavy atom. The lowest BCUT2D eigenvalue weighted by Gasteiger charge is -2.32. The number of hydrogen-bond acceptors (Lipinski definition) is 5. The monoisotopic (exact) mass is 306 g/mol. The molecular formula is C16H26N4O2. The molecule has 0 radical (unpaired) electrons. The molecule has 22 heavy (non-hydrogen) atoms. The third-order valence-corrected chi connectivity index (χ3v) is 4.10. The van der Waals surface area contributed by atoms with Gasteiger partial charge in [0.25, 0.3) is 0 Å². The van der Waals surface area contributed by atoms with Crippen LogP contribution in [0.25, 0.3) is 0 Å². The number of hydrogen-bond donors (Lipinski definition) is 1. The molecule has 0 aromatic carbocycles. The fourth-order valence-corrected chi connectivity index (χ4v) is 2.61. The van der Waals surface area contributed by atoms with Gasteiger partial charge in [0.1, 0.15) is 0 Å². The van der Waals surface area contributed by atoms with E-state index in [0.29, 0.717) is 18.4 Å². The topological polar surface area (TPSA) is 67.4 Å². The van der Waals surface area contributed by atoms with Gasteiger partial charge in [-0.2, -0.15) is 4.98 Å². The average molecular weight is 306 g/mol. The van der Waals surface area contributed by atoms with Gasteiger partial charge in [-0.15, -0.1) is 0 Å². The molecule has 1 aromatic heterocycles. The Morgan fingerprint density at radius 3 is 3.00 bits per heavy atom. The van der Waals surface area contributed by atoms with Crippen LogP contribution in [0.5, 0.6) is 5.88 Å². The molecule has 0 unspecified atom stereocenters. The molecule has 0 saturated carbocycles. The normalized spacial score (nSPS) is 19.6. The van der Waals surface area contributed by atoms with E-state index in [2.05, 4.69) is 27.1 Å². The number of carbonyl (C=O) groups excluding carboxylic acids is 1. The van der Waals surface area contributed by atoms with E-state index in [1.165, 1.54) is 0 Å². The molecule has 6 heteroatoms. The third kappa shape index (κ3) is 4.08. The second kappa shape index (κ2) is 7.42. The number of anilines is 1. The summed E-state index contributed by atoms with van der Waals surface area (Å²) in [5.74, 6) is 1.35. The van der Waals surface area contributed by atoms with Crippen molar-refractivity contribution in [2.75, 3.05) is 25.1 Å². The van der Waals surface area contributed by atoms with Crippen molar-refractivity contribution in [3.63, 3.8) is 0 Å². The Balaban J connectivity index is 2.07. The van der Waals surface area contributed by atoms with Crippen LogP contribution in [-0.4, -0.2) is 42.1 Å². The zero-order valence-corrected chi connectivity index (χ0v) is 13.9. The first-order valence-corrected chi connectivity index (χ1v) is 7.98. The molecule has 1 fully saturated rings. The van der Waals surface area contributed by atoms with E-state index in [4.69, 9.17) is 4.74 Å². The van der Waals surface area contributed by atoms with Crippen molar-refractivity contribution in [3.05, 3.63) is 11.8 Å². The molecule has 0 spiro atoms. The van der Waals surface area contributed by atoms with Crippen LogP contribution in [0.15, 0.2) is 6.07 Å². The largest absolute Gasteiger partial charge is 0.481 e. The Kier molecular flexibility index (Phi) is 5.57. The Bertz CT molecular complexity index is 521. The van der Waals surface area contributed by atoms with E-state index in [0.717, 1.165) is 31.5 Å². The summed E-state index contributed by atoms with van der Waals surface area (Å²) in [6.07, 6.45) is 2.83. The van der Waals surface area contributed by atoms with Gasteiger partial charge in [-0.3, -0.25) is 4.79 Å². The van der Waals surface area contributed by atoms with Crippen molar-refractivity contribution in [3.8, 4) is 5.88 Å². The number of aromatic nitrogens is 2. The maximum atomic E-state index is 12.3. The first-order valence-electron chi connectivity index (χ1n) is 7.98. The number of nitrogens with zero attached hydrogens (tertiary/aromatic N) is 3. The SMILES string of the molecule is CC[C@H](C)NC(=O)[C@H]1CCCN(c2nc(C)cc(OC)n2)C1. The van der Waals surface area contributed by atoms with E-state index in [1.54, 1.807) is 13.2 Å². The maximum absolute atomic E-state index is 12.3. The van der Waals surface area contributed by atoms with Gasteiger partial charge in [0.15, 0.2) is 0 Å². The van der Waals surface area contributed by atoms with Crippen molar-refractivity contribution in [1.82, 2.24) is 15.3 Å². The number of rotatable bonds is 5. The molecule has 1 aromatic rings. The van der Waals surface area contributed by atoms with Crippen LogP contribution < -0.4 is 15.0 Å². The molecular weight excluding hydrogens is 280 g/mol. The van der Waals surface area contributed by atoms with Crippen LogP contribution in [0.4, 0.5) is 5.95 Å². The van der Waals surface area contributed by atoms with Crippen LogP contribution in [0.1, 0.15) is 38.8 Å². The van der Waals surface area contributed by atoms with Gasteiger partial charge in [0, 0.05) is 30.9 Å². The highest BCUT2D eigenvalue weighted by Crippen LogP contribution is 2.22. The summed E-state index contributed by atoms with van der Waals surface area (Å²) in [6.45, 7) is 7.57. The summed E-state index contributed by atoms with van der Waals surface area (Å²) in [6, 6.07) is 2.03. The lowest BCUT2D eigenvalue weighted by Crippen LogP contribution is -2.45. The molecule has 0 aliphatic carbocycles. The highest BCUT2D eigenvalue weighted by Gasteiger charge is 2.28. The summed E-state index contributed by atoms with van der Waals surface area (Å²) in [5.41, 5.74) is 0.869. The van der Waals surface area contributed by atoms with Crippen molar-refractivity contribution in [2.24, 2.45) is 5.92 Å². The standard InChI is InChI=1S/C16H26N4O2/c1-5-11(2)17-15(21)13-7-6-8-20(10-13)16-18-12(3)9-14(19-16)22-4/h9,11,13H,5-8,10H2,1-4H3,(H,17,21)/t11-,13-/m0/s1. The molecule has 1 N–H and O–H groups in total. The van der Waals surface area contributed by atoms with Gasteiger partial charge in [0.05, 0.1) is 13.0 Å². The summed E-state index contributed by atoms with van der Waals surface area (Å²) in [4.78, 5) is 23.3. The molecule has 6 nitrogen and oxygen atoms in total. The Hall–Kier alpha value is -1.85. The second-order valence-electron chi connectivity index (χ2n) is 5.95. The highest BCUT2D eigenvalue weighted by molar-refractivity contribution is 5.79. The summed E-state index contributed by atoms with van der Waals surface area (Å²) in [5, 5.41) is 3.07. The highest BCUT2D eigenvalue weighted by atomic mass is 16.5. The molecule has 0 bridgehead atoms. The average Bonchev–Trinajstić information content (AvgIpc) is 2.54. The van der Waals surface area contributed by atoms with Crippen molar-refractivity contribution >= 4 is 11.9 Å². The molecule has 122 valence electrons. The van der Waals surface area contributed by atoms with Gasteiger partial charge in [-0.05, 0) is 33.1 Å². The number of methoxy groups -OCH3 is 1. The first-order chi connectivity index (χ1) is 10.5. The predicted molar refractivity (Wildman–Crippen MR) is 86.2 cm³/mol. The van der Waals surface area contributed by atoms with Gasteiger partial charge >= 0.3 is 0 Å². The van der Waals surface area contributed by atoms with E-state index >= 15 is 0 Å². The minimum absolute atomic E-state index is 0.00198. The molecule has 2 rings (SSSR count). The maximum Gasteiger partial charge on any atom is 0.228 e. The lowest BCUT2D eigenvalue weighted by atomic mass is 9.97. The zero-order chi connectivity index (χ0) is 16.1. The first kappa shape index (κ1) is 16.5. The molecule has 1 aliphatic heterocycles. The smallest absolute Gasteiger partial charge is 0.228 e. The van der Waals surface area contributed by atoms with E-state index in [9.17, 15) is 4.79 Å². The number of nitrogens with one attached hydrogen (secondary N) is 1. The zero-order valence-electron chi connectivity index (χ0n) is 13.9. The molecule has 1 aliphatic rings.